The Labute approximate surface area is 139 Å². The summed E-state index contributed by atoms with van der Waals surface area (Å²) in [5, 5.41) is 0. The van der Waals surface area contributed by atoms with Crippen LogP contribution in [0.4, 0.5) is 0 Å². The third-order valence-electron chi connectivity index (χ3n) is 3.29. The Bertz CT molecular complexity index is 549. The van der Waals surface area contributed by atoms with E-state index >= 15 is 0 Å². The number of allylic oxidation sites excluding steroid dienone is 1. The van der Waals surface area contributed by atoms with Crippen LogP contribution in [0.5, 0.6) is 0 Å². The number of carbonyl (C=O) groups is 1. The van der Waals surface area contributed by atoms with Gasteiger partial charge in [0.15, 0.2) is 6.10 Å². The number of ether oxygens (including phenoxy) is 2. The first-order chi connectivity index (χ1) is 11.2. The van der Waals surface area contributed by atoms with E-state index in [1.54, 1.807) is 6.92 Å². The second-order valence-electron chi connectivity index (χ2n) is 5.26. The Morgan fingerprint density at radius 2 is 2.04 bits per heavy atom. The first-order valence-electron chi connectivity index (χ1n) is 8.04. The molecule has 0 aliphatic carbocycles. The van der Waals surface area contributed by atoms with Gasteiger partial charge in [0.1, 0.15) is 0 Å². The highest BCUT2D eigenvalue weighted by molar-refractivity contribution is 5.75. The molecule has 1 atom stereocenters. The summed E-state index contributed by atoms with van der Waals surface area (Å²) in [5.41, 5.74) is 2.16. The summed E-state index contributed by atoms with van der Waals surface area (Å²) in [6.07, 6.45) is 3.82. The van der Waals surface area contributed by atoms with Crippen molar-refractivity contribution < 1.29 is 14.3 Å². The van der Waals surface area contributed by atoms with E-state index in [1.807, 2.05) is 44.2 Å². The lowest BCUT2D eigenvalue weighted by molar-refractivity contribution is -0.157. The molecule has 0 aromatic heterocycles. The highest BCUT2D eigenvalue weighted by Crippen LogP contribution is 2.14. The number of unbranched alkanes of at least 4 members (excludes halogenated alkanes) is 1. The molecule has 1 aromatic rings. The molecule has 1 aromatic carbocycles. The van der Waals surface area contributed by atoms with Gasteiger partial charge in [-0.25, -0.2) is 4.79 Å². The van der Waals surface area contributed by atoms with E-state index in [0.29, 0.717) is 19.6 Å². The summed E-state index contributed by atoms with van der Waals surface area (Å²) < 4.78 is 10.9. The van der Waals surface area contributed by atoms with E-state index in [2.05, 4.69) is 17.9 Å². The van der Waals surface area contributed by atoms with Gasteiger partial charge < -0.3 is 9.47 Å². The van der Waals surface area contributed by atoms with Gasteiger partial charge in [-0.1, -0.05) is 42.0 Å². The molecule has 0 N–H and O–H groups in total. The van der Waals surface area contributed by atoms with Gasteiger partial charge in [0, 0.05) is 12.8 Å². The minimum Gasteiger partial charge on any atom is -0.464 e. The van der Waals surface area contributed by atoms with Crippen molar-refractivity contribution in [3.63, 3.8) is 0 Å². The van der Waals surface area contributed by atoms with Crippen LogP contribution in [0.2, 0.25) is 0 Å². The fraction of sp³-hybridized carbons (Fsp3) is 0.450. The molecule has 0 amide bonds. The van der Waals surface area contributed by atoms with E-state index in [1.165, 1.54) is 0 Å². The van der Waals surface area contributed by atoms with Crippen molar-refractivity contribution >= 4 is 5.97 Å². The lowest BCUT2D eigenvalue weighted by atomic mass is 10.1. The van der Waals surface area contributed by atoms with Crippen LogP contribution in [0.25, 0.3) is 0 Å². The van der Waals surface area contributed by atoms with Crippen LogP contribution in [0.1, 0.15) is 45.6 Å². The Hall–Kier alpha value is -2.05. The zero-order chi connectivity index (χ0) is 16.9. The van der Waals surface area contributed by atoms with Gasteiger partial charge >= 0.3 is 5.97 Å². The number of hydrogen-bond acceptors (Lipinski definition) is 3. The molecule has 0 fully saturated rings. The van der Waals surface area contributed by atoms with Crippen molar-refractivity contribution in [2.24, 2.45) is 0 Å². The van der Waals surface area contributed by atoms with E-state index in [9.17, 15) is 4.79 Å². The predicted molar refractivity (Wildman–Crippen MR) is 92.7 cm³/mol. The highest BCUT2D eigenvalue weighted by atomic mass is 16.6. The maximum absolute atomic E-state index is 12.1. The van der Waals surface area contributed by atoms with Gasteiger partial charge in [-0.15, -0.1) is 11.8 Å². The van der Waals surface area contributed by atoms with Gasteiger partial charge in [-0.05, 0) is 32.8 Å². The molecular weight excluding hydrogens is 288 g/mol. The molecule has 0 radical (unpaired) electrons. The minimum absolute atomic E-state index is 0.301. The number of esters is 1. The maximum atomic E-state index is 12.1. The van der Waals surface area contributed by atoms with Gasteiger partial charge in [-0.3, -0.25) is 0 Å². The van der Waals surface area contributed by atoms with Crippen LogP contribution in [0, 0.1) is 11.8 Å². The molecule has 124 valence electrons. The molecule has 23 heavy (non-hydrogen) atoms. The van der Waals surface area contributed by atoms with Gasteiger partial charge in [0.25, 0.3) is 0 Å². The highest BCUT2D eigenvalue weighted by Gasteiger charge is 2.21. The SMILES string of the molecule is CC#CCC/C=C(\C)CC(OCc1ccccc1)C(=O)OCC. The van der Waals surface area contributed by atoms with Crippen LogP contribution in [-0.2, 0) is 20.9 Å². The van der Waals surface area contributed by atoms with Crippen molar-refractivity contribution in [1.29, 1.82) is 0 Å². The van der Waals surface area contributed by atoms with Crippen molar-refractivity contribution in [3.8, 4) is 11.8 Å². The Kier molecular flexibility index (Phi) is 9.51. The fourth-order valence-electron chi connectivity index (χ4n) is 2.11. The normalized spacial score (nSPS) is 12.2. The topological polar surface area (TPSA) is 35.5 Å². The number of rotatable bonds is 9. The van der Waals surface area contributed by atoms with Crippen LogP contribution >= 0.6 is 0 Å². The molecule has 3 heteroatoms. The lowest BCUT2D eigenvalue weighted by Gasteiger charge is -2.17. The monoisotopic (exact) mass is 314 g/mol. The Morgan fingerprint density at radius 1 is 1.30 bits per heavy atom. The molecule has 0 aliphatic heterocycles. The zero-order valence-corrected chi connectivity index (χ0v) is 14.3. The summed E-state index contributed by atoms with van der Waals surface area (Å²) in [4.78, 5) is 12.1. The number of hydrogen-bond donors (Lipinski definition) is 0. The molecule has 0 spiro atoms. The lowest BCUT2D eigenvalue weighted by Crippen LogP contribution is -2.27. The smallest absolute Gasteiger partial charge is 0.335 e. The molecular formula is C20H26O3. The summed E-state index contributed by atoms with van der Waals surface area (Å²) in [5.74, 6) is 5.61. The van der Waals surface area contributed by atoms with Gasteiger partial charge in [0.05, 0.1) is 13.2 Å². The third kappa shape index (κ3) is 8.23. The quantitative estimate of drug-likeness (QED) is 0.295. The van der Waals surface area contributed by atoms with Crippen molar-refractivity contribution in [1.82, 2.24) is 0 Å². The molecule has 0 aliphatic rings. The average Bonchev–Trinajstić information content (AvgIpc) is 2.56. The van der Waals surface area contributed by atoms with Crippen LogP contribution in [-0.4, -0.2) is 18.7 Å². The molecule has 3 nitrogen and oxygen atoms in total. The summed E-state index contributed by atoms with van der Waals surface area (Å²) in [7, 11) is 0. The summed E-state index contributed by atoms with van der Waals surface area (Å²) in [6, 6.07) is 9.83. The first-order valence-corrected chi connectivity index (χ1v) is 8.04. The predicted octanol–water partition coefficient (Wildman–Crippen LogP) is 4.27. The first kappa shape index (κ1) is 19.0. The maximum Gasteiger partial charge on any atom is 0.335 e. The van der Waals surface area contributed by atoms with Crippen LogP contribution in [0.3, 0.4) is 0 Å². The molecule has 1 rings (SSSR count). The largest absolute Gasteiger partial charge is 0.464 e. The average molecular weight is 314 g/mol. The van der Waals surface area contributed by atoms with Crippen molar-refractivity contribution in [2.45, 2.75) is 52.7 Å². The van der Waals surface area contributed by atoms with Crippen LogP contribution in [0.15, 0.2) is 42.0 Å². The van der Waals surface area contributed by atoms with Crippen molar-refractivity contribution in [2.75, 3.05) is 6.61 Å². The van der Waals surface area contributed by atoms with E-state index in [0.717, 1.165) is 24.0 Å². The molecule has 0 saturated heterocycles. The molecule has 0 heterocycles. The standard InChI is InChI=1S/C20H26O3/c1-4-6-7-9-12-17(3)15-19(20(21)22-5-2)23-16-18-13-10-8-11-14-18/h8,10-14,19H,5,7,9,15-16H2,1-3H3/b17-12+. The zero-order valence-electron chi connectivity index (χ0n) is 14.3. The third-order valence-corrected chi connectivity index (χ3v) is 3.29. The van der Waals surface area contributed by atoms with Crippen molar-refractivity contribution in [3.05, 3.63) is 47.5 Å². The molecule has 1 unspecified atom stereocenters. The van der Waals surface area contributed by atoms with E-state index in [-0.39, 0.29) is 5.97 Å². The number of benzene rings is 1. The Morgan fingerprint density at radius 3 is 2.70 bits per heavy atom. The van der Waals surface area contributed by atoms with Gasteiger partial charge in [-0.2, -0.15) is 0 Å². The Balaban J connectivity index is 2.60. The molecule has 0 bridgehead atoms. The summed E-state index contributed by atoms with van der Waals surface area (Å²) >= 11 is 0. The summed E-state index contributed by atoms with van der Waals surface area (Å²) in [6.45, 7) is 6.41. The minimum atomic E-state index is -0.566. The number of carbonyl (C=O) groups excluding carboxylic acids is 1. The fourth-order valence-corrected chi connectivity index (χ4v) is 2.11. The van der Waals surface area contributed by atoms with Gasteiger partial charge in [0.2, 0.25) is 0 Å². The van der Waals surface area contributed by atoms with E-state index in [4.69, 9.17) is 9.47 Å². The van der Waals surface area contributed by atoms with E-state index < -0.39 is 6.10 Å². The van der Waals surface area contributed by atoms with Crippen LogP contribution < -0.4 is 0 Å². The second kappa shape index (κ2) is 11.5. The molecule has 0 saturated carbocycles. The second-order valence-corrected chi connectivity index (χ2v) is 5.26.